The number of benzene rings is 2. The van der Waals surface area contributed by atoms with E-state index in [1.807, 2.05) is 48.5 Å². The lowest BCUT2D eigenvalue weighted by atomic mass is 10.1. The number of halogens is 1. The quantitative estimate of drug-likeness (QED) is 0.722. The summed E-state index contributed by atoms with van der Waals surface area (Å²) in [6.45, 7) is 3.08. The molecule has 4 rings (SSSR count). The van der Waals surface area contributed by atoms with Crippen LogP contribution in [0.5, 0.6) is 5.75 Å². The molecule has 1 fully saturated rings. The number of rotatable bonds is 4. The second-order valence-electron chi connectivity index (χ2n) is 7.44. The zero-order valence-electron chi connectivity index (χ0n) is 15.6. The minimum absolute atomic E-state index is 0.150. The SMILES string of the molecule is CC1(O)CCN(C(=O)c2ccc3cc(OCc4ccc(Cl)cc4)ccc3n2)C1. The van der Waals surface area contributed by atoms with E-state index in [0.29, 0.717) is 36.8 Å². The molecule has 0 spiro atoms. The first kappa shape index (κ1) is 18.7. The second kappa shape index (κ2) is 7.41. The molecule has 1 aliphatic heterocycles. The van der Waals surface area contributed by atoms with Gasteiger partial charge in [-0.15, -0.1) is 0 Å². The first-order chi connectivity index (χ1) is 13.4. The molecule has 2 aromatic carbocycles. The third-order valence-corrected chi connectivity index (χ3v) is 5.19. The smallest absolute Gasteiger partial charge is 0.272 e. The van der Waals surface area contributed by atoms with Crippen molar-refractivity contribution < 1.29 is 14.6 Å². The Morgan fingerprint density at radius 1 is 1.21 bits per heavy atom. The standard InChI is InChI=1S/C22H21ClN2O3/c1-22(27)10-11-25(14-22)21(26)20-8-4-16-12-18(7-9-19(16)24-20)28-13-15-2-5-17(23)6-3-15/h2-9,12,27H,10-11,13-14H2,1H3. The summed E-state index contributed by atoms with van der Waals surface area (Å²) in [5, 5.41) is 11.7. The number of ether oxygens (including phenoxy) is 1. The van der Waals surface area contributed by atoms with Crippen LogP contribution in [0.25, 0.3) is 10.9 Å². The normalized spacial score (nSPS) is 19.2. The lowest BCUT2D eigenvalue weighted by molar-refractivity contribution is 0.0569. The van der Waals surface area contributed by atoms with Crippen molar-refractivity contribution in [3.63, 3.8) is 0 Å². The maximum atomic E-state index is 12.6. The molecule has 1 unspecified atom stereocenters. The van der Waals surface area contributed by atoms with Crippen LogP contribution in [0.3, 0.4) is 0 Å². The van der Waals surface area contributed by atoms with Gasteiger partial charge < -0.3 is 14.7 Å². The van der Waals surface area contributed by atoms with E-state index < -0.39 is 5.60 Å². The highest BCUT2D eigenvalue weighted by molar-refractivity contribution is 6.30. The molecule has 6 heteroatoms. The van der Waals surface area contributed by atoms with Crippen LogP contribution in [-0.4, -0.2) is 39.6 Å². The first-order valence-corrected chi connectivity index (χ1v) is 9.57. The fraction of sp³-hybridized carbons (Fsp3) is 0.273. The van der Waals surface area contributed by atoms with Gasteiger partial charge in [0, 0.05) is 23.5 Å². The fourth-order valence-corrected chi connectivity index (χ4v) is 3.47. The van der Waals surface area contributed by atoms with Crippen molar-refractivity contribution >= 4 is 28.4 Å². The maximum Gasteiger partial charge on any atom is 0.272 e. The molecule has 1 amide bonds. The zero-order valence-corrected chi connectivity index (χ0v) is 16.3. The molecular weight excluding hydrogens is 376 g/mol. The van der Waals surface area contributed by atoms with Gasteiger partial charge in [-0.05, 0) is 55.3 Å². The van der Waals surface area contributed by atoms with E-state index >= 15 is 0 Å². The third-order valence-electron chi connectivity index (χ3n) is 4.94. The summed E-state index contributed by atoms with van der Waals surface area (Å²) in [7, 11) is 0. The van der Waals surface area contributed by atoms with E-state index in [4.69, 9.17) is 16.3 Å². The number of β-amino-alcohol motifs (C(OH)–C–C–N with tert-alkyl or cyclic N) is 1. The molecule has 2 heterocycles. The molecule has 144 valence electrons. The molecule has 0 radical (unpaired) electrons. The van der Waals surface area contributed by atoms with E-state index in [-0.39, 0.29) is 5.91 Å². The molecule has 0 aliphatic carbocycles. The van der Waals surface area contributed by atoms with E-state index in [2.05, 4.69) is 4.98 Å². The van der Waals surface area contributed by atoms with Crippen LogP contribution < -0.4 is 4.74 Å². The fourth-order valence-electron chi connectivity index (χ4n) is 3.34. The monoisotopic (exact) mass is 396 g/mol. The first-order valence-electron chi connectivity index (χ1n) is 9.19. The lowest BCUT2D eigenvalue weighted by Gasteiger charge is -2.18. The van der Waals surface area contributed by atoms with Crippen LogP contribution in [0.15, 0.2) is 54.6 Å². The molecule has 1 N–H and O–H groups in total. The van der Waals surface area contributed by atoms with E-state index in [9.17, 15) is 9.90 Å². The van der Waals surface area contributed by atoms with Crippen LogP contribution >= 0.6 is 11.6 Å². The molecule has 1 atom stereocenters. The summed E-state index contributed by atoms with van der Waals surface area (Å²) in [6.07, 6.45) is 0.584. The minimum atomic E-state index is -0.817. The number of pyridine rings is 1. The van der Waals surface area contributed by atoms with Crippen molar-refractivity contribution in [1.82, 2.24) is 9.88 Å². The number of aromatic nitrogens is 1. The van der Waals surface area contributed by atoms with Crippen LogP contribution in [0.2, 0.25) is 5.02 Å². The Kier molecular flexibility index (Phi) is 4.96. The van der Waals surface area contributed by atoms with Gasteiger partial charge in [-0.1, -0.05) is 29.8 Å². The Morgan fingerprint density at radius 2 is 2.00 bits per heavy atom. The number of aliphatic hydroxyl groups is 1. The van der Waals surface area contributed by atoms with Gasteiger partial charge in [0.05, 0.1) is 11.1 Å². The van der Waals surface area contributed by atoms with Crippen molar-refractivity contribution in [2.24, 2.45) is 0 Å². The Labute approximate surface area is 168 Å². The van der Waals surface area contributed by atoms with Gasteiger partial charge in [-0.3, -0.25) is 4.79 Å². The number of carbonyl (C=O) groups excluding carboxylic acids is 1. The van der Waals surface area contributed by atoms with E-state index in [0.717, 1.165) is 22.2 Å². The van der Waals surface area contributed by atoms with Gasteiger partial charge in [0.15, 0.2) is 0 Å². The summed E-state index contributed by atoms with van der Waals surface area (Å²) in [4.78, 5) is 18.8. The van der Waals surface area contributed by atoms with Crippen molar-refractivity contribution in [1.29, 1.82) is 0 Å². The highest BCUT2D eigenvalue weighted by Crippen LogP contribution is 2.24. The van der Waals surface area contributed by atoms with E-state index in [1.54, 1.807) is 17.9 Å². The minimum Gasteiger partial charge on any atom is -0.489 e. The van der Waals surface area contributed by atoms with Gasteiger partial charge in [0.2, 0.25) is 0 Å². The molecule has 5 nitrogen and oxygen atoms in total. The number of hydrogen-bond acceptors (Lipinski definition) is 4. The molecule has 1 saturated heterocycles. The van der Waals surface area contributed by atoms with Crippen LogP contribution in [0.4, 0.5) is 0 Å². The number of likely N-dealkylation sites (tertiary alicyclic amines) is 1. The number of nitrogens with zero attached hydrogens (tertiary/aromatic N) is 2. The number of hydrogen-bond donors (Lipinski definition) is 1. The molecule has 28 heavy (non-hydrogen) atoms. The van der Waals surface area contributed by atoms with Crippen molar-refractivity contribution in [3.05, 3.63) is 70.9 Å². The van der Waals surface area contributed by atoms with Crippen LogP contribution in [0, 0.1) is 0 Å². The highest BCUT2D eigenvalue weighted by Gasteiger charge is 2.34. The maximum absolute atomic E-state index is 12.6. The third kappa shape index (κ3) is 4.11. The topological polar surface area (TPSA) is 62.7 Å². The molecule has 1 aromatic heterocycles. The predicted molar refractivity (Wildman–Crippen MR) is 109 cm³/mol. The largest absolute Gasteiger partial charge is 0.489 e. The predicted octanol–water partition coefficient (Wildman–Crippen LogP) is 4.06. The Balaban J connectivity index is 1.48. The number of amides is 1. The summed E-state index contributed by atoms with van der Waals surface area (Å²) >= 11 is 5.90. The van der Waals surface area contributed by atoms with Gasteiger partial charge in [-0.2, -0.15) is 0 Å². The second-order valence-corrected chi connectivity index (χ2v) is 7.88. The van der Waals surface area contributed by atoms with E-state index in [1.165, 1.54) is 0 Å². The molecular formula is C22H21ClN2O3. The Morgan fingerprint density at radius 3 is 2.71 bits per heavy atom. The number of fused-ring (bicyclic) bond motifs is 1. The summed E-state index contributed by atoms with van der Waals surface area (Å²) in [5.74, 6) is 0.585. The van der Waals surface area contributed by atoms with Crippen LogP contribution in [-0.2, 0) is 6.61 Å². The van der Waals surface area contributed by atoms with Crippen molar-refractivity contribution in [2.45, 2.75) is 25.6 Å². The lowest BCUT2D eigenvalue weighted by Crippen LogP contribution is -2.34. The highest BCUT2D eigenvalue weighted by atomic mass is 35.5. The zero-order chi connectivity index (χ0) is 19.7. The van der Waals surface area contributed by atoms with Gasteiger partial charge in [0.1, 0.15) is 18.1 Å². The molecule has 3 aromatic rings. The average molecular weight is 397 g/mol. The van der Waals surface area contributed by atoms with Gasteiger partial charge in [0.25, 0.3) is 5.91 Å². The van der Waals surface area contributed by atoms with Gasteiger partial charge in [-0.25, -0.2) is 4.98 Å². The molecule has 0 bridgehead atoms. The van der Waals surface area contributed by atoms with Crippen LogP contribution in [0.1, 0.15) is 29.4 Å². The average Bonchev–Trinajstić information content (AvgIpc) is 3.06. The van der Waals surface area contributed by atoms with Crippen molar-refractivity contribution in [2.75, 3.05) is 13.1 Å². The summed E-state index contributed by atoms with van der Waals surface area (Å²) < 4.78 is 5.85. The van der Waals surface area contributed by atoms with Crippen molar-refractivity contribution in [3.8, 4) is 5.75 Å². The molecule has 1 aliphatic rings. The Bertz CT molecular complexity index is 1020. The summed E-state index contributed by atoms with van der Waals surface area (Å²) in [5.41, 5.74) is 1.34. The Hall–Kier alpha value is -2.63. The number of carbonyl (C=O) groups is 1. The summed E-state index contributed by atoms with van der Waals surface area (Å²) in [6, 6.07) is 16.7. The van der Waals surface area contributed by atoms with Gasteiger partial charge >= 0.3 is 0 Å². The molecule has 0 saturated carbocycles.